The summed E-state index contributed by atoms with van der Waals surface area (Å²) in [5, 5.41) is 3.21. The molecule has 1 fully saturated rings. The van der Waals surface area contributed by atoms with Crippen LogP contribution < -0.4 is 5.32 Å². The summed E-state index contributed by atoms with van der Waals surface area (Å²) in [6.07, 6.45) is 3.44. The van der Waals surface area contributed by atoms with Crippen molar-refractivity contribution in [1.82, 2.24) is 19.2 Å². The van der Waals surface area contributed by atoms with E-state index in [1.165, 1.54) is 22.5 Å². The number of piperazine rings is 1. The van der Waals surface area contributed by atoms with Gasteiger partial charge in [-0.05, 0) is 30.7 Å². The van der Waals surface area contributed by atoms with Gasteiger partial charge in [0.15, 0.2) is 0 Å². The highest BCUT2D eigenvalue weighted by Gasteiger charge is 2.37. The van der Waals surface area contributed by atoms with Gasteiger partial charge in [-0.25, -0.2) is 17.8 Å². The molecule has 0 amide bonds. The van der Waals surface area contributed by atoms with Gasteiger partial charge in [0.05, 0.1) is 10.9 Å². The first-order valence-electron chi connectivity index (χ1n) is 7.37. The van der Waals surface area contributed by atoms with Gasteiger partial charge in [0.25, 0.3) is 0 Å². The molecule has 0 spiro atoms. The van der Waals surface area contributed by atoms with E-state index < -0.39 is 21.9 Å². The number of halogens is 1. The third kappa shape index (κ3) is 2.89. The lowest BCUT2D eigenvalue weighted by molar-refractivity contribution is 0.258. The minimum absolute atomic E-state index is 0.139. The Morgan fingerprint density at radius 3 is 2.83 bits per heavy atom. The van der Waals surface area contributed by atoms with E-state index in [2.05, 4.69) is 10.3 Å². The van der Waals surface area contributed by atoms with Gasteiger partial charge in [0, 0.05) is 39.1 Å². The van der Waals surface area contributed by atoms with Crippen molar-refractivity contribution in [1.29, 1.82) is 0 Å². The van der Waals surface area contributed by atoms with Gasteiger partial charge in [-0.3, -0.25) is 0 Å². The molecule has 124 valence electrons. The van der Waals surface area contributed by atoms with Gasteiger partial charge in [-0.1, -0.05) is 0 Å². The molecule has 8 heteroatoms. The van der Waals surface area contributed by atoms with Crippen LogP contribution in [0, 0.1) is 12.7 Å². The van der Waals surface area contributed by atoms with E-state index in [0.717, 1.165) is 0 Å². The normalized spacial score (nSPS) is 19.9. The standard InChI is InChI=1S/C15H19FN4O2S/c1-11-9-12(16)3-4-14(11)23(21,22)20-8-5-17-10-13(20)15-18-6-7-19(15)2/h3-4,6-7,9,13,17H,5,8,10H2,1-2H3. The lowest BCUT2D eigenvalue weighted by Gasteiger charge is -2.35. The van der Waals surface area contributed by atoms with Crippen LogP contribution in [0.1, 0.15) is 17.4 Å². The third-order valence-electron chi connectivity index (χ3n) is 4.07. The van der Waals surface area contributed by atoms with Gasteiger partial charge >= 0.3 is 0 Å². The summed E-state index contributed by atoms with van der Waals surface area (Å²) in [7, 11) is -1.89. The molecular formula is C15H19FN4O2S. The summed E-state index contributed by atoms with van der Waals surface area (Å²) in [6.45, 7) is 3.01. The summed E-state index contributed by atoms with van der Waals surface area (Å²) < 4.78 is 42.7. The first-order chi connectivity index (χ1) is 10.9. The first-order valence-corrected chi connectivity index (χ1v) is 8.81. The zero-order valence-electron chi connectivity index (χ0n) is 13.0. The molecule has 1 aliphatic rings. The molecule has 1 N–H and O–H groups in total. The Bertz CT molecular complexity index is 819. The predicted octanol–water partition coefficient (Wildman–Crippen LogP) is 1.20. The molecule has 1 saturated heterocycles. The van der Waals surface area contributed by atoms with Crippen molar-refractivity contribution in [2.45, 2.75) is 17.9 Å². The molecule has 2 heterocycles. The van der Waals surface area contributed by atoms with Gasteiger partial charge in [-0.15, -0.1) is 0 Å². The fourth-order valence-corrected chi connectivity index (χ4v) is 4.71. The molecule has 1 aromatic carbocycles. The summed E-state index contributed by atoms with van der Waals surface area (Å²) in [4.78, 5) is 4.43. The van der Waals surface area contributed by atoms with Crippen LogP contribution in [0.15, 0.2) is 35.5 Å². The van der Waals surface area contributed by atoms with E-state index in [0.29, 0.717) is 31.0 Å². The highest BCUT2D eigenvalue weighted by Crippen LogP contribution is 2.29. The molecule has 6 nitrogen and oxygen atoms in total. The lowest BCUT2D eigenvalue weighted by Crippen LogP contribution is -2.49. The smallest absolute Gasteiger partial charge is 0.244 e. The minimum atomic E-state index is -3.73. The van der Waals surface area contributed by atoms with E-state index in [-0.39, 0.29) is 4.90 Å². The van der Waals surface area contributed by atoms with E-state index in [4.69, 9.17) is 0 Å². The van der Waals surface area contributed by atoms with Gasteiger partial charge < -0.3 is 9.88 Å². The fraction of sp³-hybridized carbons (Fsp3) is 0.400. The Hall–Kier alpha value is -1.77. The van der Waals surface area contributed by atoms with Crippen molar-refractivity contribution in [3.05, 3.63) is 47.8 Å². The Morgan fingerprint density at radius 1 is 1.39 bits per heavy atom. The molecule has 0 bridgehead atoms. The molecule has 0 radical (unpaired) electrons. The topological polar surface area (TPSA) is 67.2 Å². The summed E-state index contributed by atoms with van der Waals surface area (Å²) in [6, 6.07) is 3.36. The number of aryl methyl sites for hydroxylation is 2. The number of sulfonamides is 1. The summed E-state index contributed by atoms with van der Waals surface area (Å²) in [5.74, 6) is 0.239. The van der Waals surface area contributed by atoms with Crippen LogP contribution in [0.3, 0.4) is 0 Å². The van der Waals surface area contributed by atoms with E-state index in [1.54, 1.807) is 19.3 Å². The second kappa shape index (κ2) is 6.03. The largest absolute Gasteiger partial charge is 0.337 e. The number of imidazole rings is 1. The van der Waals surface area contributed by atoms with Crippen LogP contribution in [-0.2, 0) is 17.1 Å². The van der Waals surface area contributed by atoms with Crippen LogP contribution in [0.5, 0.6) is 0 Å². The Labute approximate surface area is 135 Å². The van der Waals surface area contributed by atoms with E-state index in [9.17, 15) is 12.8 Å². The number of aromatic nitrogens is 2. The van der Waals surface area contributed by atoms with Gasteiger partial charge in [0.2, 0.25) is 10.0 Å². The molecule has 23 heavy (non-hydrogen) atoms. The average molecular weight is 338 g/mol. The second-order valence-corrected chi connectivity index (χ2v) is 7.50. The highest BCUT2D eigenvalue weighted by atomic mass is 32.2. The van der Waals surface area contributed by atoms with Crippen molar-refractivity contribution in [3.63, 3.8) is 0 Å². The van der Waals surface area contributed by atoms with E-state index in [1.807, 2.05) is 11.6 Å². The SMILES string of the molecule is Cc1cc(F)ccc1S(=O)(=O)N1CCNCC1c1nccn1C. The molecule has 0 aliphatic carbocycles. The van der Waals surface area contributed by atoms with Crippen molar-refractivity contribution in [3.8, 4) is 0 Å². The maximum absolute atomic E-state index is 13.3. The average Bonchev–Trinajstić information content (AvgIpc) is 2.93. The molecular weight excluding hydrogens is 319 g/mol. The number of nitrogens with one attached hydrogen (secondary N) is 1. The molecule has 2 aromatic rings. The predicted molar refractivity (Wildman–Crippen MR) is 83.8 cm³/mol. The second-order valence-electron chi connectivity index (χ2n) is 5.64. The van der Waals surface area contributed by atoms with Gasteiger partial charge in [0.1, 0.15) is 11.6 Å². The maximum Gasteiger partial charge on any atom is 0.244 e. The van der Waals surface area contributed by atoms with Crippen LogP contribution in [0.2, 0.25) is 0 Å². The third-order valence-corrected chi connectivity index (χ3v) is 6.14. The van der Waals surface area contributed by atoms with Gasteiger partial charge in [-0.2, -0.15) is 4.31 Å². The first kappa shape index (κ1) is 16.1. The fourth-order valence-electron chi connectivity index (χ4n) is 2.92. The molecule has 3 rings (SSSR count). The monoisotopic (exact) mass is 338 g/mol. The van der Waals surface area contributed by atoms with E-state index >= 15 is 0 Å². The van der Waals surface area contributed by atoms with Crippen molar-refractivity contribution < 1.29 is 12.8 Å². The number of benzene rings is 1. The molecule has 1 unspecified atom stereocenters. The molecule has 1 aromatic heterocycles. The summed E-state index contributed by atoms with van der Waals surface area (Å²) in [5.41, 5.74) is 0.405. The zero-order chi connectivity index (χ0) is 16.6. The number of nitrogens with zero attached hydrogens (tertiary/aromatic N) is 3. The number of hydrogen-bond acceptors (Lipinski definition) is 4. The van der Waals surface area contributed by atoms with Crippen LogP contribution in [0.25, 0.3) is 0 Å². The van der Waals surface area contributed by atoms with Crippen molar-refractivity contribution >= 4 is 10.0 Å². The zero-order valence-corrected chi connectivity index (χ0v) is 13.8. The Morgan fingerprint density at radius 2 is 2.17 bits per heavy atom. The van der Waals surface area contributed by atoms with Crippen molar-refractivity contribution in [2.75, 3.05) is 19.6 Å². The van der Waals surface area contributed by atoms with Crippen molar-refractivity contribution in [2.24, 2.45) is 7.05 Å². The molecule has 1 atom stereocenters. The van der Waals surface area contributed by atoms with Crippen LogP contribution >= 0.6 is 0 Å². The number of rotatable bonds is 3. The van der Waals surface area contributed by atoms with Crippen LogP contribution in [0.4, 0.5) is 4.39 Å². The Balaban J connectivity index is 2.04. The highest BCUT2D eigenvalue weighted by molar-refractivity contribution is 7.89. The van der Waals surface area contributed by atoms with Crippen LogP contribution in [-0.4, -0.2) is 41.9 Å². The molecule has 1 aliphatic heterocycles. The molecule has 0 saturated carbocycles. The summed E-state index contributed by atoms with van der Waals surface area (Å²) >= 11 is 0. The number of hydrogen-bond donors (Lipinski definition) is 1. The minimum Gasteiger partial charge on any atom is -0.337 e. The maximum atomic E-state index is 13.3. The lowest BCUT2D eigenvalue weighted by atomic mass is 10.2. The Kier molecular flexibility index (Phi) is 4.22. The quantitative estimate of drug-likeness (QED) is 0.913.